The molecule has 2 N–H and O–H groups in total. The molecule has 1 saturated carbocycles. The highest BCUT2D eigenvalue weighted by Gasteiger charge is 2.61. The maximum absolute atomic E-state index is 11.5. The lowest BCUT2D eigenvalue weighted by molar-refractivity contribution is -0.175. The van der Waals surface area contributed by atoms with Crippen LogP contribution >= 0.6 is 0 Å². The first kappa shape index (κ1) is 15.0. The zero-order chi connectivity index (χ0) is 15.5. The highest BCUT2D eigenvalue weighted by atomic mass is 16.5. The van der Waals surface area contributed by atoms with E-state index in [9.17, 15) is 15.0 Å². The molecule has 1 saturated heterocycles. The molecule has 2 bridgehead atoms. The van der Waals surface area contributed by atoms with Crippen molar-refractivity contribution in [2.24, 2.45) is 11.3 Å². The summed E-state index contributed by atoms with van der Waals surface area (Å²) in [5.41, 5.74) is -0.951. The molecule has 4 unspecified atom stereocenters. The zero-order valence-electron chi connectivity index (χ0n) is 12.9. The molecule has 4 atom stereocenters. The fourth-order valence-electron chi connectivity index (χ4n) is 4.39. The van der Waals surface area contributed by atoms with Gasteiger partial charge in [-0.15, -0.1) is 0 Å². The van der Waals surface area contributed by atoms with Crippen LogP contribution in [0, 0.1) is 11.3 Å². The van der Waals surface area contributed by atoms with Gasteiger partial charge in [0.1, 0.15) is 0 Å². The molecule has 0 radical (unpaired) electrons. The van der Waals surface area contributed by atoms with Crippen LogP contribution in [-0.2, 0) is 14.3 Å². The number of carboxylic acid groups (broad SMARTS) is 1. The second-order valence-electron chi connectivity index (χ2n) is 7.26. The number of fused-ring (bicyclic) bond motifs is 1. The minimum absolute atomic E-state index is 0.0598. The number of aliphatic carboxylic acids is 1. The van der Waals surface area contributed by atoms with Crippen molar-refractivity contribution in [2.45, 2.75) is 56.8 Å². The Morgan fingerprint density at radius 1 is 1.52 bits per heavy atom. The van der Waals surface area contributed by atoms with E-state index in [4.69, 9.17) is 9.47 Å². The quantitative estimate of drug-likeness (QED) is 0.776. The first-order chi connectivity index (χ1) is 9.75. The number of carbonyl (C=O) groups is 1. The number of methoxy groups -OCH3 is 1. The lowest BCUT2D eigenvalue weighted by Gasteiger charge is -2.37. The van der Waals surface area contributed by atoms with Crippen LogP contribution in [0.25, 0.3) is 0 Å². The molecular formula is C16H24O5. The van der Waals surface area contributed by atoms with E-state index in [1.54, 1.807) is 7.11 Å². The molecule has 1 aliphatic heterocycles. The summed E-state index contributed by atoms with van der Waals surface area (Å²) in [5, 5.41) is 19.9. The van der Waals surface area contributed by atoms with Crippen molar-refractivity contribution in [2.75, 3.05) is 13.7 Å². The van der Waals surface area contributed by atoms with Crippen molar-refractivity contribution >= 4 is 5.97 Å². The maximum atomic E-state index is 11.5. The van der Waals surface area contributed by atoms with Crippen molar-refractivity contribution in [1.29, 1.82) is 0 Å². The van der Waals surface area contributed by atoms with Crippen LogP contribution in [0.2, 0.25) is 0 Å². The minimum atomic E-state index is -1.75. The minimum Gasteiger partial charge on any atom is -0.479 e. The number of carboxylic acids is 1. The van der Waals surface area contributed by atoms with Crippen LogP contribution in [0.15, 0.2) is 11.6 Å². The fraction of sp³-hybridized carbons (Fsp3) is 0.812. The smallest absolute Gasteiger partial charge is 0.338 e. The second kappa shape index (κ2) is 4.54. The Hall–Kier alpha value is -0.910. The summed E-state index contributed by atoms with van der Waals surface area (Å²) in [6, 6.07) is 0. The molecule has 2 fully saturated rings. The van der Waals surface area contributed by atoms with E-state index in [0.29, 0.717) is 19.4 Å². The van der Waals surface area contributed by atoms with E-state index in [0.717, 1.165) is 6.42 Å². The lowest BCUT2D eigenvalue weighted by atomic mass is 9.71. The number of allylic oxidation sites excluding steroid dienone is 1. The number of hydrogen-bond donors (Lipinski definition) is 2. The molecule has 5 nitrogen and oxygen atoms in total. The van der Waals surface area contributed by atoms with E-state index in [-0.39, 0.29) is 23.4 Å². The highest BCUT2D eigenvalue weighted by molar-refractivity contribution is 5.78. The Kier molecular flexibility index (Phi) is 3.24. The molecule has 0 aromatic rings. The molecule has 5 heteroatoms. The predicted molar refractivity (Wildman–Crippen MR) is 75.9 cm³/mol. The Morgan fingerprint density at radius 2 is 2.24 bits per heavy atom. The number of rotatable bonds is 3. The third kappa shape index (κ3) is 1.98. The van der Waals surface area contributed by atoms with Gasteiger partial charge in [-0.3, -0.25) is 0 Å². The molecule has 0 amide bonds. The van der Waals surface area contributed by atoms with E-state index in [1.165, 1.54) is 5.57 Å². The van der Waals surface area contributed by atoms with Crippen LogP contribution < -0.4 is 0 Å². The van der Waals surface area contributed by atoms with Crippen molar-refractivity contribution in [1.82, 2.24) is 0 Å². The zero-order valence-corrected chi connectivity index (χ0v) is 12.9. The van der Waals surface area contributed by atoms with Gasteiger partial charge in [0.25, 0.3) is 0 Å². The van der Waals surface area contributed by atoms with Crippen molar-refractivity contribution in [3.05, 3.63) is 11.6 Å². The summed E-state index contributed by atoms with van der Waals surface area (Å²) in [7, 11) is 1.70. The molecule has 3 rings (SSSR count). The molecule has 21 heavy (non-hydrogen) atoms. The number of aliphatic hydroxyl groups is 1. The maximum Gasteiger partial charge on any atom is 0.338 e. The van der Waals surface area contributed by atoms with Crippen molar-refractivity contribution < 1.29 is 24.5 Å². The van der Waals surface area contributed by atoms with Crippen LogP contribution in [0.4, 0.5) is 0 Å². The first-order valence-corrected chi connectivity index (χ1v) is 7.58. The van der Waals surface area contributed by atoms with Crippen LogP contribution in [0.5, 0.6) is 0 Å². The number of hydrogen-bond acceptors (Lipinski definition) is 4. The summed E-state index contributed by atoms with van der Waals surface area (Å²) < 4.78 is 11.4. The molecule has 3 aliphatic rings. The molecule has 1 heterocycles. The topological polar surface area (TPSA) is 76.0 Å². The lowest BCUT2D eigenvalue weighted by Crippen LogP contribution is -2.49. The number of ether oxygens (including phenoxy) is 2. The van der Waals surface area contributed by atoms with Crippen molar-refractivity contribution in [3.63, 3.8) is 0 Å². The molecule has 2 aliphatic carbocycles. The predicted octanol–water partition coefficient (Wildman–Crippen LogP) is 1.74. The van der Waals surface area contributed by atoms with Gasteiger partial charge in [-0.25, -0.2) is 4.79 Å². The monoisotopic (exact) mass is 296 g/mol. The summed E-state index contributed by atoms with van der Waals surface area (Å²) >= 11 is 0. The van der Waals surface area contributed by atoms with E-state index in [2.05, 4.69) is 6.08 Å². The van der Waals surface area contributed by atoms with Gasteiger partial charge in [-0.2, -0.15) is 0 Å². The average Bonchev–Trinajstić information content (AvgIpc) is 2.99. The van der Waals surface area contributed by atoms with Crippen LogP contribution in [0.3, 0.4) is 0 Å². The van der Waals surface area contributed by atoms with Gasteiger partial charge in [0.05, 0.1) is 18.3 Å². The van der Waals surface area contributed by atoms with E-state index < -0.39 is 17.7 Å². The summed E-state index contributed by atoms with van der Waals surface area (Å²) in [5.74, 6) is -0.938. The van der Waals surface area contributed by atoms with E-state index >= 15 is 0 Å². The molecule has 118 valence electrons. The largest absolute Gasteiger partial charge is 0.479 e. The fourth-order valence-corrected chi connectivity index (χ4v) is 4.39. The van der Waals surface area contributed by atoms with Gasteiger partial charge in [-0.1, -0.05) is 6.08 Å². The summed E-state index contributed by atoms with van der Waals surface area (Å²) in [6.07, 6.45) is 4.04. The van der Waals surface area contributed by atoms with Gasteiger partial charge in [0.2, 0.25) is 0 Å². The van der Waals surface area contributed by atoms with Gasteiger partial charge in [0.15, 0.2) is 5.60 Å². The second-order valence-corrected chi connectivity index (χ2v) is 7.26. The molecule has 0 aromatic heterocycles. The van der Waals surface area contributed by atoms with Crippen LogP contribution in [-0.4, -0.2) is 47.2 Å². The normalized spacial score (nSPS) is 42.4. The van der Waals surface area contributed by atoms with E-state index in [1.807, 2.05) is 13.8 Å². The SMILES string of the molecule is COC(C)(C)C1=CCC23COC(C2)C(O)(C(=O)O)CCC13. The summed E-state index contributed by atoms with van der Waals surface area (Å²) in [4.78, 5) is 11.5. The molecule has 0 aromatic carbocycles. The molecular weight excluding hydrogens is 272 g/mol. The summed E-state index contributed by atoms with van der Waals surface area (Å²) in [6.45, 7) is 4.61. The standard InChI is InChI=1S/C16H24O5/c1-14(2,20-3)10-4-6-15-8-12(21-9-15)16(19,13(17)18)7-5-11(10)15/h4,11-12,19H,5-9H2,1-3H3,(H,17,18). The third-order valence-corrected chi connectivity index (χ3v) is 5.93. The highest BCUT2D eigenvalue weighted by Crippen LogP contribution is 2.58. The Morgan fingerprint density at radius 3 is 2.86 bits per heavy atom. The average molecular weight is 296 g/mol. The van der Waals surface area contributed by atoms with Gasteiger partial charge >= 0.3 is 5.97 Å². The Labute approximate surface area is 124 Å². The van der Waals surface area contributed by atoms with Gasteiger partial charge in [-0.05, 0) is 51.0 Å². The Balaban J connectivity index is 1.95. The first-order valence-electron chi connectivity index (χ1n) is 7.58. The van der Waals surface area contributed by atoms with Crippen LogP contribution in [0.1, 0.15) is 39.5 Å². The van der Waals surface area contributed by atoms with Gasteiger partial charge < -0.3 is 19.7 Å². The molecule has 1 spiro atoms. The van der Waals surface area contributed by atoms with Crippen molar-refractivity contribution in [3.8, 4) is 0 Å². The van der Waals surface area contributed by atoms with Gasteiger partial charge in [0, 0.05) is 12.5 Å². The Bertz CT molecular complexity index is 497. The third-order valence-electron chi connectivity index (χ3n) is 5.93.